The third-order valence-electron chi connectivity index (χ3n) is 2.31. The molecule has 4 heteroatoms. The summed E-state index contributed by atoms with van der Waals surface area (Å²) < 4.78 is 10.1. The van der Waals surface area contributed by atoms with E-state index < -0.39 is 0 Å². The Hall–Kier alpha value is -2.10. The van der Waals surface area contributed by atoms with Crippen molar-refractivity contribution < 1.29 is 9.15 Å². The molecule has 1 aromatic carbocycles. The Morgan fingerprint density at radius 3 is 2.94 bits per heavy atom. The van der Waals surface area contributed by atoms with Crippen molar-refractivity contribution in [3.8, 4) is 5.75 Å². The molecule has 0 amide bonds. The number of nitrogen functional groups attached to an aromatic ring is 1. The molecule has 3 N–H and O–H groups in total. The second-order valence-corrected chi connectivity index (χ2v) is 3.44. The van der Waals surface area contributed by atoms with Crippen LogP contribution in [0, 0.1) is 0 Å². The maximum absolute atomic E-state index is 5.72. The summed E-state index contributed by atoms with van der Waals surface area (Å²) in [4.78, 5) is 0. The molecule has 0 aliphatic rings. The van der Waals surface area contributed by atoms with Crippen LogP contribution in [0.4, 0.5) is 11.4 Å². The molecule has 84 valence electrons. The van der Waals surface area contributed by atoms with Gasteiger partial charge in [-0.2, -0.15) is 0 Å². The van der Waals surface area contributed by atoms with Gasteiger partial charge in [-0.05, 0) is 18.2 Å². The van der Waals surface area contributed by atoms with Gasteiger partial charge in [0.05, 0.1) is 25.3 Å². The van der Waals surface area contributed by atoms with Gasteiger partial charge in [-0.1, -0.05) is 0 Å². The molecule has 0 bridgehead atoms. The van der Waals surface area contributed by atoms with Crippen molar-refractivity contribution in [3.63, 3.8) is 0 Å². The minimum absolute atomic E-state index is 0.636. The highest BCUT2D eigenvalue weighted by molar-refractivity contribution is 5.61. The predicted molar refractivity (Wildman–Crippen MR) is 63.4 cm³/mol. The van der Waals surface area contributed by atoms with Gasteiger partial charge in [-0.25, -0.2) is 0 Å². The lowest BCUT2D eigenvalue weighted by atomic mass is 10.2. The van der Waals surface area contributed by atoms with E-state index in [9.17, 15) is 0 Å². The highest BCUT2D eigenvalue weighted by atomic mass is 16.5. The lowest BCUT2D eigenvalue weighted by molar-refractivity contribution is 0.417. The van der Waals surface area contributed by atoms with Gasteiger partial charge in [0.15, 0.2) is 0 Å². The second kappa shape index (κ2) is 4.61. The second-order valence-electron chi connectivity index (χ2n) is 3.44. The van der Waals surface area contributed by atoms with Crippen molar-refractivity contribution in [1.29, 1.82) is 0 Å². The Balaban J connectivity index is 2.04. The van der Waals surface area contributed by atoms with E-state index in [1.54, 1.807) is 19.6 Å². The van der Waals surface area contributed by atoms with Crippen LogP contribution in [0.1, 0.15) is 5.56 Å². The number of nitrogens with one attached hydrogen (secondary N) is 1. The van der Waals surface area contributed by atoms with Crippen molar-refractivity contribution >= 4 is 11.4 Å². The molecule has 0 aliphatic carbocycles. The topological polar surface area (TPSA) is 60.4 Å². The molecule has 0 saturated heterocycles. The summed E-state index contributed by atoms with van der Waals surface area (Å²) in [5.41, 5.74) is 8.42. The van der Waals surface area contributed by atoms with Crippen LogP contribution in [0.5, 0.6) is 5.75 Å². The maximum atomic E-state index is 5.72. The van der Waals surface area contributed by atoms with Crippen LogP contribution in [0.25, 0.3) is 0 Å². The third-order valence-corrected chi connectivity index (χ3v) is 2.31. The Labute approximate surface area is 94.0 Å². The fourth-order valence-electron chi connectivity index (χ4n) is 1.42. The van der Waals surface area contributed by atoms with Crippen LogP contribution >= 0.6 is 0 Å². The molecule has 2 rings (SSSR count). The summed E-state index contributed by atoms with van der Waals surface area (Å²) in [5, 5.41) is 3.25. The average molecular weight is 218 g/mol. The molecule has 16 heavy (non-hydrogen) atoms. The molecule has 1 heterocycles. The first-order valence-electron chi connectivity index (χ1n) is 4.98. The van der Waals surface area contributed by atoms with Gasteiger partial charge in [-0.15, -0.1) is 0 Å². The lowest BCUT2D eigenvalue weighted by Gasteiger charge is -2.08. The highest BCUT2D eigenvalue weighted by Gasteiger charge is 2.01. The smallest absolute Gasteiger partial charge is 0.143 e. The van der Waals surface area contributed by atoms with E-state index in [1.165, 1.54) is 0 Å². The fraction of sp³-hybridized carbons (Fsp3) is 0.167. The molecule has 0 fully saturated rings. The Morgan fingerprint density at radius 1 is 1.38 bits per heavy atom. The first-order chi connectivity index (χ1) is 7.79. The molecule has 0 spiro atoms. The minimum atomic E-state index is 0.636. The maximum Gasteiger partial charge on any atom is 0.143 e. The van der Waals surface area contributed by atoms with Crippen LogP contribution < -0.4 is 15.8 Å². The molecular formula is C12H14N2O2. The number of furan rings is 1. The normalized spacial score (nSPS) is 10.1. The van der Waals surface area contributed by atoms with Crippen LogP contribution in [0.3, 0.4) is 0 Å². The van der Waals surface area contributed by atoms with E-state index in [0.29, 0.717) is 18.0 Å². The van der Waals surface area contributed by atoms with Crippen LogP contribution in [0.2, 0.25) is 0 Å². The first kappa shape index (κ1) is 10.4. The SMILES string of the molecule is COc1cc(NCc2ccoc2)ccc1N. The lowest BCUT2D eigenvalue weighted by Crippen LogP contribution is -1.99. The average Bonchev–Trinajstić information content (AvgIpc) is 2.81. The number of methoxy groups -OCH3 is 1. The van der Waals surface area contributed by atoms with Gasteiger partial charge in [0.2, 0.25) is 0 Å². The van der Waals surface area contributed by atoms with Gasteiger partial charge >= 0.3 is 0 Å². The Kier molecular flexibility index (Phi) is 3.00. The van der Waals surface area contributed by atoms with E-state index in [-0.39, 0.29) is 0 Å². The zero-order chi connectivity index (χ0) is 11.4. The summed E-state index contributed by atoms with van der Waals surface area (Å²) in [6.45, 7) is 0.712. The highest BCUT2D eigenvalue weighted by Crippen LogP contribution is 2.25. The number of benzene rings is 1. The Morgan fingerprint density at radius 2 is 2.25 bits per heavy atom. The molecule has 4 nitrogen and oxygen atoms in total. The predicted octanol–water partition coefficient (Wildman–Crippen LogP) is 2.48. The van der Waals surface area contributed by atoms with Gasteiger partial charge in [-0.3, -0.25) is 0 Å². The van der Waals surface area contributed by atoms with Gasteiger partial charge < -0.3 is 20.2 Å². The Bertz CT molecular complexity index is 452. The first-order valence-corrected chi connectivity index (χ1v) is 4.98. The summed E-state index contributed by atoms with van der Waals surface area (Å²) in [5.74, 6) is 0.678. The molecule has 0 unspecified atom stereocenters. The monoisotopic (exact) mass is 218 g/mol. The van der Waals surface area contributed by atoms with Gasteiger partial charge in [0.1, 0.15) is 5.75 Å². The van der Waals surface area contributed by atoms with Crippen LogP contribution in [-0.2, 0) is 6.54 Å². The number of nitrogens with two attached hydrogens (primary N) is 1. The molecular weight excluding hydrogens is 204 g/mol. The number of ether oxygens (including phenoxy) is 1. The molecule has 2 aromatic rings. The van der Waals surface area contributed by atoms with E-state index in [2.05, 4.69) is 5.32 Å². The number of anilines is 2. The zero-order valence-corrected chi connectivity index (χ0v) is 9.07. The van der Waals surface area contributed by atoms with Crippen LogP contribution in [-0.4, -0.2) is 7.11 Å². The van der Waals surface area contributed by atoms with E-state index in [4.69, 9.17) is 14.9 Å². The summed E-state index contributed by atoms with van der Waals surface area (Å²) in [7, 11) is 1.60. The minimum Gasteiger partial charge on any atom is -0.495 e. The summed E-state index contributed by atoms with van der Waals surface area (Å²) in [6.07, 6.45) is 3.36. The molecule has 1 aromatic heterocycles. The van der Waals surface area contributed by atoms with Gasteiger partial charge in [0.25, 0.3) is 0 Å². The summed E-state index contributed by atoms with van der Waals surface area (Å²) >= 11 is 0. The zero-order valence-electron chi connectivity index (χ0n) is 9.07. The largest absolute Gasteiger partial charge is 0.495 e. The molecule has 0 radical (unpaired) electrons. The summed E-state index contributed by atoms with van der Waals surface area (Å²) in [6, 6.07) is 7.52. The van der Waals surface area contributed by atoms with Crippen molar-refractivity contribution in [2.24, 2.45) is 0 Å². The van der Waals surface area contributed by atoms with Crippen molar-refractivity contribution in [3.05, 3.63) is 42.4 Å². The molecule has 0 saturated carbocycles. The van der Waals surface area contributed by atoms with E-state index in [0.717, 1.165) is 11.3 Å². The van der Waals surface area contributed by atoms with Crippen molar-refractivity contribution in [2.75, 3.05) is 18.2 Å². The van der Waals surface area contributed by atoms with Gasteiger partial charge in [0, 0.05) is 23.9 Å². The van der Waals surface area contributed by atoms with E-state index >= 15 is 0 Å². The number of hydrogen-bond donors (Lipinski definition) is 2. The standard InChI is InChI=1S/C12H14N2O2/c1-15-12-6-10(2-3-11(12)13)14-7-9-4-5-16-8-9/h2-6,8,14H,7,13H2,1H3. The van der Waals surface area contributed by atoms with Crippen molar-refractivity contribution in [2.45, 2.75) is 6.54 Å². The number of hydrogen-bond acceptors (Lipinski definition) is 4. The van der Waals surface area contributed by atoms with Crippen molar-refractivity contribution in [1.82, 2.24) is 0 Å². The third kappa shape index (κ3) is 2.28. The molecule has 0 aliphatic heterocycles. The molecule has 0 atom stereocenters. The number of rotatable bonds is 4. The fourth-order valence-corrected chi connectivity index (χ4v) is 1.42. The van der Waals surface area contributed by atoms with E-state index in [1.807, 2.05) is 24.3 Å². The quantitative estimate of drug-likeness (QED) is 0.774. The van der Waals surface area contributed by atoms with Crippen LogP contribution in [0.15, 0.2) is 41.2 Å².